The van der Waals surface area contributed by atoms with E-state index in [2.05, 4.69) is 4.90 Å². The van der Waals surface area contributed by atoms with Crippen LogP contribution in [0.3, 0.4) is 0 Å². The summed E-state index contributed by atoms with van der Waals surface area (Å²) in [4.78, 5) is 26.4. The Morgan fingerprint density at radius 1 is 1.16 bits per heavy atom. The second-order valence-electron chi connectivity index (χ2n) is 6.81. The molecule has 2 aliphatic heterocycles. The molecule has 1 aromatic carbocycles. The van der Waals surface area contributed by atoms with Gasteiger partial charge in [0.2, 0.25) is 0 Å². The van der Waals surface area contributed by atoms with Crippen molar-refractivity contribution in [2.24, 2.45) is 5.92 Å². The number of methoxy groups -OCH3 is 2. The zero-order valence-electron chi connectivity index (χ0n) is 14.6. The third kappa shape index (κ3) is 3.67. The Labute approximate surface area is 153 Å². The summed E-state index contributed by atoms with van der Waals surface area (Å²) in [5.74, 6) is -0.485. The van der Waals surface area contributed by atoms with Gasteiger partial charge in [0.1, 0.15) is 0 Å². The van der Waals surface area contributed by atoms with Gasteiger partial charge in [0.05, 0.1) is 26.6 Å². The molecule has 2 bridgehead atoms. The average molecular weight is 366 g/mol. The van der Waals surface area contributed by atoms with Crippen LogP contribution < -0.4 is 0 Å². The van der Waals surface area contributed by atoms with E-state index in [1.54, 1.807) is 0 Å². The van der Waals surface area contributed by atoms with Crippen LogP contribution in [0, 0.1) is 5.92 Å². The monoisotopic (exact) mass is 365 g/mol. The molecule has 136 valence electrons. The van der Waals surface area contributed by atoms with Crippen LogP contribution in [0.2, 0.25) is 5.02 Å². The minimum atomic E-state index is -0.220. The summed E-state index contributed by atoms with van der Waals surface area (Å²) in [5.41, 5.74) is 1.13. The lowest BCUT2D eigenvalue weighted by Gasteiger charge is -2.43. The van der Waals surface area contributed by atoms with Gasteiger partial charge in [-0.1, -0.05) is 23.7 Å². The molecule has 1 aromatic rings. The van der Waals surface area contributed by atoms with Crippen molar-refractivity contribution >= 4 is 23.5 Å². The normalized spacial score (nSPS) is 28.6. The Morgan fingerprint density at radius 3 is 2.52 bits per heavy atom. The molecule has 0 saturated carbocycles. The summed E-state index contributed by atoms with van der Waals surface area (Å²) in [7, 11) is 2.85. The fourth-order valence-electron chi connectivity index (χ4n) is 4.49. The summed E-state index contributed by atoms with van der Waals surface area (Å²) < 4.78 is 9.89. The highest BCUT2D eigenvalue weighted by molar-refractivity contribution is 6.30. The van der Waals surface area contributed by atoms with Crippen LogP contribution in [0.5, 0.6) is 0 Å². The maximum absolute atomic E-state index is 12.6. The van der Waals surface area contributed by atoms with Crippen LogP contribution in [-0.2, 0) is 19.1 Å². The lowest BCUT2D eigenvalue weighted by Crippen LogP contribution is -2.51. The number of esters is 2. The summed E-state index contributed by atoms with van der Waals surface area (Å²) in [6, 6.07) is 8.25. The number of ether oxygens (including phenoxy) is 2. The van der Waals surface area contributed by atoms with E-state index in [1.165, 1.54) is 14.2 Å². The second kappa shape index (κ2) is 7.75. The van der Waals surface area contributed by atoms with Gasteiger partial charge in [0, 0.05) is 29.6 Å². The molecule has 0 radical (unpaired) electrons. The van der Waals surface area contributed by atoms with Crippen LogP contribution in [0.4, 0.5) is 0 Å². The molecule has 25 heavy (non-hydrogen) atoms. The topological polar surface area (TPSA) is 55.8 Å². The number of piperidine rings is 1. The van der Waals surface area contributed by atoms with Crippen LogP contribution in [0.15, 0.2) is 24.3 Å². The standard InChI is InChI=1S/C19H24ClNO4/c1-24-17(22)9-10-21-14-7-8-16(21)18(19(23)25-2)15(11-14)12-3-5-13(20)6-4-12/h3-6,14-16,18H,7-11H2,1-2H3/t14-,15-,16?,18?/m1/s1. The number of fused-ring (bicyclic) bond motifs is 2. The number of benzene rings is 1. The van der Waals surface area contributed by atoms with Gasteiger partial charge in [0.25, 0.3) is 0 Å². The first-order valence-corrected chi connectivity index (χ1v) is 9.08. The van der Waals surface area contributed by atoms with E-state index in [0.717, 1.165) is 24.8 Å². The van der Waals surface area contributed by atoms with Crippen LogP contribution >= 0.6 is 11.6 Å². The van der Waals surface area contributed by atoms with E-state index in [-0.39, 0.29) is 29.8 Å². The van der Waals surface area contributed by atoms with Crippen LogP contribution in [0.25, 0.3) is 0 Å². The van der Waals surface area contributed by atoms with Crippen molar-refractivity contribution in [3.63, 3.8) is 0 Å². The second-order valence-corrected chi connectivity index (χ2v) is 7.24. The van der Waals surface area contributed by atoms with Crippen LogP contribution in [0.1, 0.15) is 37.2 Å². The zero-order chi connectivity index (χ0) is 18.0. The molecule has 0 aliphatic carbocycles. The highest BCUT2D eigenvalue weighted by Crippen LogP contribution is 2.47. The third-order valence-electron chi connectivity index (χ3n) is 5.64. The summed E-state index contributed by atoms with van der Waals surface area (Å²) >= 11 is 6.01. The lowest BCUT2D eigenvalue weighted by atomic mass is 9.76. The van der Waals surface area contributed by atoms with Crippen LogP contribution in [-0.4, -0.2) is 49.7 Å². The molecule has 4 atom stereocenters. The molecular formula is C19H24ClNO4. The molecule has 2 aliphatic rings. The first kappa shape index (κ1) is 18.2. The molecular weight excluding hydrogens is 342 g/mol. The smallest absolute Gasteiger partial charge is 0.310 e. The first-order chi connectivity index (χ1) is 12.0. The quantitative estimate of drug-likeness (QED) is 0.751. The Balaban J connectivity index is 1.84. The van der Waals surface area contributed by atoms with Gasteiger partial charge in [-0.3, -0.25) is 14.5 Å². The number of hydrogen-bond donors (Lipinski definition) is 0. The molecule has 2 saturated heterocycles. The van der Waals surface area contributed by atoms with Gasteiger partial charge in [0.15, 0.2) is 0 Å². The predicted molar refractivity (Wildman–Crippen MR) is 94.5 cm³/mol. The SMILES string of the molecule is COC(=O)CCN1C2CC[C@@H]1C[C@H](c1ccc(Cl)cc1)C2C(=O)OC. The number of halogens is 1. The Morgan fingerprint density at radius 2 is 1.88 bits per heavy atom. The summed E-state index contributed by atoms with van der Waals surface area (Å²) in [6.45, 7) is 0.628. The zero-order valence-corrected chi connectivity index (χ0v) is 15.4. The minimum Gasteiger partial charge on any atom is -0.469 e. The molecule has 2 unspecified atom stereocenters. The number of carbonyl (C=O) groups excluding carboxylic acids is 2. The van der Waals surface area contributed by atoms with E-state index in [9.17, 15) is 9.59 Å². The molecule has 0 amide bonds. The van der Waals surface area contributed by atoms with Gasteiger partial charge in [-0.15, -0.1) is 0 Å². The van der Waals surface area contributed by atoms with E-state index in [1.807, 2.05) is 24.3 Å². The van der Waals surface area contributed by atoms with Gasteiger partial charge in [-0.05, 0) is 37.0 Å². The molecule has 3 rings (SSSR count). The number of carbonyl (C=O) groups is 2. The molecule has 6 heteroatoms. The number of nitrogens with zero attached hydrogens (tertiary/aromatic N) is 1. The maximum atomic E-state index is 12.6. The Hall–Kier alpha value is -1.59. The van der Waals surface area contributed by atoms with Crippen molar-refractivity contribution in [2.75, 3.05) is 20.8 Å². The highest BCUT2D eigenvalue weighted by atomic mass is 35.5. The van der Waals surface area contributed by atoms with E-state index in [0.29, 0.717) is 24.0 Å². The maximum Gasteiger partial charge on any atom is 0.310 e. The van der Waals surface area contributed by atoms with Crippen molar-refractivity contribution in [3.05, 3.63) is 34.9 Å². The Kier molecular flexibility index (Phi) is 5.64. The molecule has 2 heterocycles. The molecule has 0 aromatic heterocycles. The predicted octanol–water partition coefficient (Wildman–Crippen LogP) is 3.01. The fourth-order valence-corrected chi connectivity index (χ4v) is 4.62. The van der Waals surface area contributed by atoms with Gasteiger partial charge < -0.3 is 9.47 Å². The van der Waals surface area contributed by atoms with Crippen molar-refractivity contribution in [1.29, 1.82) is 0 Å². The van der Waals surface area contributed by atoms with E-state index >= 15 is 0 Å². The minimum absolute atomic E-state index is 0.108. The molecule has 0 N–H and O–H groups in total. The number of hydrogen-bond acceptors (Lipinski definition) is 5. The summed E-state index contributed by atoms with van der Waals surface area (Å²) in [5, 5.41) is 0.692. The van der Waals surface area contributed by atoms with E-state index < -0.39 is 0 Å². The average Bonchev–Trinajstić information content (AvgIpc) is 2.91. The molecule has 5 nitrogen and oxygen atoms in total. The van der Waals surface area contributed by atoms with Gasteiger partial charge in [-0.25, -0.2) is 0 Å². The third-order valence-corrected chi connectivity index (χ3v) is 5.89. The molecule has 2 fully saturated rings. The molecule has 0 spiro atoms. The largest absolute Gasteiger partial charge is 0.469 e. The summed E-state index contributed by atoms with van der Waals surface area (Å²) in [6.07, 6.45) is 3.24. The van der Waals surface area contributed by atoms with Crippen molar-refractivity contribution in [1.82, 2.24) is 4.90 Å². The lowest BCUT2D eigenvalue weighted by molar-refractivity contribution is -0.150. The number of rotatable bonds is 5. The first-order valence-electron chi connectivity index (χ1n) is 8.71. The Bertz CT molecular complexity index is 633. The van der Waals surface area contributed by atoms with Crippen molar-refractivity contribution < 1.29 is 19.1 Å². The van der Waals surface area contributed by atoms with Crippen molar-refractivity contribution in [2.45, 2.75) is 43.7 Å². The fraction of sp³-hybridized carbons (Fsp3) is 0.579. The van der Waals surface area contributed by atoms with Crippen molar-refractivity contribution in [3.8, 4) is 0 Å². The van der Waals surface area contributed by atoms with Gasteiger partial charge >= 0.3 is 11.9 Å². The highest BCUT2D eigenvalue weighted by Gasteiger charge is 2.50. The van der Waals surface area contributed by atoms with Gasteiger partial charge in [-0.2, -0.15) is 0 Å². The van der Waals surface area contributed by atoms with E-state index in [4.69, 9.17) is 21.1 Å².